The second-order valence-electron chi connectivity index (χ2n) is 25.7. The van der Waals surface area contributed by atoms with Gasteiger partial charge in [-0.3, -0.25) is 0 Å². The van der Waals surface area contributed by atoms with Gasteiger partial charge in [0.2, 0.25) is 0 Å². The van der Waals surface area contributed by atoms with Gasteiger partial charge in [0, 0.05) is 86.2 Å². The minimum Gasteiger partial charge on any atom is -0.454 e. The number of nitrogens with zero attached hydrogens (tertiary/aromatic N) is 8. The maximum Gasteiger partial charge on any atom is 0.160 e. The Hall–Kier alpha value is -14.6. The Balaban J connectivity index is 0.766. The van der Waals surface area contributed by atoms with Crippen molar-refractivity contribution < 1.29 is 17.7 Å². The zero-order valence-corrected chi connectivity index (χ0v) is 52.5. The summed E-state index contributed by atoms with van der Waals surface area (Å²) in [6.45, 7) is 0. The van der Waals surface area contributed by atoms with E-state index in [2.05, 4.69) is 170 Å². The Kier molecular flexibility index (Phi) is 10.5. The highest BCUT2D eigenvalue weighted by molar-refractivity contribution is 6.28. The van der Waals surface area contributed by atoms with Gasteiger partial charge < -0.3 is 35.9 Å². The molecule has 0 unspecified atom stereocenters. The summed E-state index contributed by atoms with van der Waals surface area (Å²) in [6, 6.07) is 95.6. The molecule has 0 saturated heterocycles. The highest BCUT2D eigenvalue weighted by Gasteiger charge is 2.31. The van der Waals surface area contributed by atoms with Gasteiger partial charge in [-0.15, -0.1) is 0 Å². The lowest BCUT2D eigenvalue weighted by molar-refractivity contribution is 0.670. The van der Waals surface area contributed by atoms with Crippen LogP contribution in [0.1, 0.15) is 22.3 Å². The van der Waals surface area contributed by atoms with Crippen LogP contribution in [0.15, 0.2) is 272 Å². The number of nitriles is 4. The molecule has 0 atom stereocenters. The summed E-state index contributed by atoms with van der Waals surface area (Å²) < 4.78 is 36.5. The molecule has 12 heteroatoms. The van der Waals surface area contributed by atoms with Crippen LogP contribution in [-0.2, 0) is 0 Å². The summed E-state index contributed by atoms with van der Waals surface area (Å²) in [4.78, 5) is 0. The lowest BCUT2D eigenvalue weighted by Gasteiger charge is -2.19. The molecule has 14 aromatic carbocycles. The molecule has 0 bridgehead atoms. The first-order valence-electron chi connectivity index (χ1n) is 32.9. The molecule has 0 fully saturated rings. The summed E-state index contributed by atoms with van der Waals surface area (Å²) in [7, 11) is 0. The molecule has 22 aromatic rings. The molecule has 12 nitrogen and oxygen atoms in total. The fourth-order valence-electron chi connectivity index (χ4n) is 16.8. The van der Waals surface area contributed by atoms with Gasteiger partial charge in [0.05, 0.1) is 89.6 Å². The second kappa shape index (κ2) is 19.5. The lowest BCUT2D eigenvalue weighted by atomic mass is 9.97. The summed E-state index contributed by atoms with van der Waals surface area (Å²) in [5.41, 5.74) is 17.3. The molecular weight excluding hydrogens is 1230 g/mol. The molecule has 8 heterocycles. The number of benzene rings is 14. The van der Waals surface area contributed by atoms with E-state index in [0.29, 0.717) is 78.5 Å². The predicted octanol–water partition coefficient (Wildman–Crippen LogP) is 22.8. The monoisotopic (exact) mass is 1270 g/mol. The van der Waals surface area contributed by atoms with Crippen molar-refractivity contribution in [2.75, 3.05) is 0 Å². The Morgan fingerprint density at radius 2 is 0.630 bits per heavy atom. The molecule has 0 saturated carbocycles. The average molecular weight is 1280 g/mol. The number of fused-ring (bicyclic) bond motifs is 28. The fourth-order valence-corrected chi connectivity index (χ4v) is 16.8. The first kappa shape index (κ1) is 53.8. The van der Waals surface area contributed by atoms with Crippen molar-refractivity contribution in [3.05, 3.63) is 277 Å². The molecule has 0 radical (unpaired) electrons. The largest absolute Gasteiger partial charge is 0.454 e. The highest BCUT2D eigenvalue weighted by Crippen LogP contribution is 2.50. The van der Waals surface area contributed by atoms with Crippen LogP contribution < -0.4 is 0 Å². The number of furan rings is 4. The Bertz CT molecular complexity index is 7730. The fraction of sp³-hybridized carbons (Fsp3) is 0. The third-order valence-electron chi connectivity index (χ3n) is 20.9. The molecule has 0 N–H and O–H groups in total. The zero-order valence-electron chi connectivity index (χ0n) is 52.5. The van der Waals surface area contributed by atoms with E-state index in [4.69, 9.17) is 17.7 Å². The van der Waals surface area contributed by atoms with E-state index >= 15 is 0 Å². The van der Waals surface area contributed by atoms with E-state index in [1.807, 2.05) is 115 Å². The third-order valence-corrected chi connectivity index (χ3v) is 20.9. The molecule has 0 amide bonds. The first-order valence-corrected chi connectivity index (χ1v) is 32.9. The van der Waals surface area contributed by atoms with Gasteiger partial charge >= 0.3 is 0 Å². The van der Waals surface area contributed by atoms with Crippen molar-refractivity contribution in [3.8, 4) is 58.2 Å². The number of hydrogen-bond acceptors (Lipinski definition) is 8. The van der Waals surface area contributed by atoms with Crippen LogP contribution in [0.5, 0.6) is 0 Å². The quantitative estimate of drug-likeness (QED) is 0.164. The lowest BCUT2D eigenvalue weighted by Crippen LogP contribution is -2.08. The van der Waals surface area contributed by atoms with Gasteiger partial charge in [-0.05, 0) is 114 Å². The molecule has 458 valence electrons. The maximum absolute atomic E-state index is 11.8. The van der Waals surface area contributed by atoms with Crippen LogP contribution >= 0.6 is 0 Å². The van der Waals surface area contributed by atoms with Crippen molar-refractivity contribution in [3.63, 3.8) is 0 Å². The summed E-state index contributed by atoms with van der Waals surface area (Å²) in [5.74, 6) is 0. The van der Waals surface area contributed by atoms with E-state index < -0.39 is 0 Å². The van der Waals surface area contributed by atoms with E-state index in [9.17, 15) is 21.0 Å². The minimum atomic E-state index is 0.361. The smallest absolute Gasteiger partial charge is 0.160 e. The molecule has 0 aliphatic heterocycles. The highest BCUT2D eigenvalue weighted by atomic mass is 16.3. The zero-order chi connectivity index (χ0) is 65.9. The van der Waals surface area contributed by atoms with E-state index in [1.54, 1.807) is 12.1 Å². The molecular formula is C88H42N8O4. The molecule has 0 aliphatic rings. The average Bonchev–Trinajstić information content (AvgIpc) is 1.55. The van der Waals surface area contributed by atoms with Gasteiger partial charge in [-0.25, -0.2) is 0 Å². The molecule has 0 spiro atoms. The molecule has 100 heavy (non-hydrogen) atoms. The van der Waals surface area contributed by atoms with E-state index in [-0.39, 0.29) is 0 Å². The summed E-state index contributed by atoms with van der Waals surface area (Å²) in [5, 5.41) is 60.6. The van der Waals surface area contributed by atoms with Gasteiger partial charge in [0.25, 0.3) is 0 Å². The van der Waals surface area contributed by atoms with Crippen molar-refractivity contribution in [2.24, 2.45) is 0 Å². The van der Waals surface area contributed by atoms with E-state index in [1.165, 1.54) is 0 Å². The summed E-state index contributed by atoms with van der Waals surface area (Å²) >= 11 is 0. The minimum absolute atomic E-state index is 0.361. The van der Waals surface area contributed by atoms with Crippen molar-refractivity contribution >= 4 is 175 Å². The molecule has 8 aromatic heterocycles. The van der Waals surface area contributed by atoms with Gasteiger partial charge in [0.1, 0.15) is 46.1 Å². The van der Waals surface area contributed by atoms with Crippen molar-refractivity contribution in [1.29, 1.82) is 21.0 Å². The number of para-hydroxylation sites is 6. The Morgan fingerprint density at radius 3 is 1.09 bits per heavy atom. The Labute approximate surface area is 564 Å². The number of hydrogen-bond donors (Lipinski definition) is 0. The molecule has 0 aliphatic carbocycles. The SMILES string of the molecule is N#Cc1cc(-n2c3ccccc3c3ccc4c5ccccc5oc4c32)c(C#N)c(-n2c3ccccc3c3ccc4c5cc(-c6cccc7oc8c(ccc9c%10ccccc%10n(-c%10c(C#N)ccc(C#N)c%10-n%10c%11ccccc%11c%11ccc%12c%13ccccc%13oc%12c%11%10)c98)c67)ccc5oc4c32)c1. The van der Waals surface area contributed by atoms with Crippen LogP contribution in [0.25, 0.3) is 209 Å². The van der Waals surface area contributed by atoms with Gasteiger partial charge in [0.15, 0.2) is 22.3 Å². The van der Waals surface area contributed by atoms with Gasteiger partial charge in [-0.1, -0.05) is 152 Å². The normalized spacial score (nSPS) is 12.2. The number of rotatable bonds is 5. The van der Waals surface area contributed by atoms with Crippen LogP contribution in [0, 0.1) is 45.3 Å². The van der Waals surface area contributed by atoms with Crippen LogP contribution in [0.2, 0.25) is 0 Å². The van der Waals surface area contributed by atoms with Gasteiger partial charge in [-0.2, -0.15) is 21.0 Å². The third kappa shape index (κ3) is 6.86. The first-order chi connectivity index (χ1) is 49.5. The standard InChI is InChI=1S/C88H42N8O4/c89-43-47-40-72(93-68-21-7-1-14-52(68)58-31-35-62-56-18-5-11-25-74(56)97-85(62)81(58)93)67(46-92)73(41-47)94-69-22-8-2-15-53(69)59-33-37-64-66-42-48(30-39-76(66)99-87(64)82(59)94)51-20-13-27-77-78(51)65-38-34-61-55-17-4-10-24-71(55)96(84(61)88(65)100-77)80-50(45-91)29-28-49(44-90)79(80)95-70-23-9-3-16-54(70)60-32-36-63-57-19-6-12-26-75(57)98-86(63)83(60)95/h1-42H. The Morgan fingerprint density at radius 1 is 0.260 bits per heavy atom. The van der Waals surface area contributed by atoms with Crippen molar-refractivity contribution in [2.45, 2.75) is 0 Å². The van der Waals surface area contributed by atoms with E-state index in [0.717, 1.165) is 153 Å². The van der Waals surface area contributed by atoms with Crippen LogP contribution in [0.4, 0.5) is 0 Å². The van der Waals surface area contributed by atoms with Crippen molar-refractivity contribution in [1.82, 2.24) is 18.3 Å². The maximum atomic E-state index is 11.8. The van der Waals surface area contributed by atoms with Crippen LogP contribution in [0.3, 0.4) is 0 Å². The molecule has 22 rings (SSSR count). The number of aromatic nitrogens is 4. The second-order valence-corrected chi connectivity index (χ2v) is 25.7. The predicted molar refractivity (Wildman–Crippen MR) is 397 cm³/mol. The summed E-state index contributed by atoms with van der Waals surface area (Å²) in [6.07, 6.45) is 0. The van der Waals surface area contributed by atoms with Crippen LogP contribution in [-0.4, -0.2) is 18.3 Å². The topological polar surface area (TPSA) is 167 Å².